The lowest BCUT2D eigenvalue weighted by Gasteiger charge is -2.05. The summed E-state index contributed by atoms with van der Waals surface area (Å²) in [5.74, 6) is 1.13. The van der Waals surface area contributed by atoms with Gasteiger partial charge in [-0.1, -0.05) is 17.7 Å². The van der Waals surface area contributed by atoms with Crippen LogP contribution in [0.25, 0.3) is 0 Å². The lowest BCUT2D eigenvalue weighted by molar-refractivity contribution is 0.942. The average molecular weight is 195 g/mol. The second-order valence-electron chi connectivity index (χ2n) is 3.26. The molecule has 0 bridgehead atoms. The second kappa shape index (κ2) is 5.30. The minimum Gasteiger partial charge on any atom is -0.330 e. The predicted octanol–water partition coefficient (Wildman–Crippen LogP) is 2.74. The van der Waals surface area contributed by atoms with E-state index < -0.39 is 0 Å². The van der Waals surface area contributed by atoms with Crippen molar-refractivity contribution >= 4 is 11.8 Å². The Bertz CT molecular complexity index is 271. The molecule has 0 heterocycles. The molecule has 0 fully saturated rings. The first-order chi connectivity index (χ1) is 6.24. The summed E-state index contributed by atoms with van der Waals surface area (Å²) in [5.41, 5.74) is 8.15. The molecular formula is C11H17NS. The highest BCUT2D eigenvalue weighted by atomic mass is 32.2. The van der Waals surface area contributed by atoms with Gasteiger partial charge in [-0.05, 0) is 44.2 Å². The molecule has 0 aliphatic carbocycles. The summed E-state index contributed by atoms with van der Waals surface area (Å²) in [6, 6.07) is 6.59. The molecule has 2 heteroatoms. The molecule has 1 rings (SSSR count). The molecule has 0 saturated heterocycles. The highest BCUT2D eigenvalue weighted by Crippen LogP contribution is 2.23. The number of thioether (sulfide) groups is 1. The zero-order valence-corrected chi connectivity index (χ0v) is 9.16. The van der Waals surface area contributed by atoms with E-state index in [0.29, 0.717) is 0 Å². The molecule has 0 aromatic heterocycles. The third-order valence-corrected chi connectivity index (χ3v) is 3.20. The van der Waals surface area contributed by atoms with E-state index >= 15 is 0 Å². The molecule has 0 atom stereocenters. The van der Waals surface area contributed by atoms with E-state index in [1.165, 1.54) is 16.0 Å². The lowest BCUT2D eigenvalue weighted by atomic mass is 10.2. The Hall–Kier alpha value is -0.470. The molecule has 0 saturated carbocycles. The van der Waals surface area contributed by atoms with E-state index in [2.05, 4.69) is 32.0 Å². The van der Waals surface area contributed by atoms with E-state index in [-0.39, 0.29) is 0 Å². The SMILES string of the molecule is Cc1ccc(SCCCN)c(C)c1. The molecule has 1 nitrogen and oxygen atoms in total. The fourth-order valence-electron chi connectivity index (χ4n) is 1.23. The van der Waals surface area contributed by atoms with Gasteiger partial charge in [0.25, 0.3) is 0 Å². The summed E-state index contributed by atoms with van der Waals surface area (Å²) >= 11 is 1.90. The zero-order valence-electron chi connectivity index (χ0n) is 8.34. The van der Waals surface area contributed by atoms with Crippen molar-refractivity contribution in [1.29, 1.82) is 0 Å². The molecule has 72 valence electrons. The Morgan fingerprint density at radius 2 is 2.08 bits per heavy atom. The average Bonchev–Trinajstić information content (AvgIpc) is 2.09. The smallest absolute Gasteiger partial charge is 0.0101 e. The molecule has 0 aliphatic rings. The number of hydrogen-bond acceptors (Lipinski definition) is 2. The van der Waals surface area contributed by atoms with Crippen LogP contribution < -0.4 is 5.73 Å². The van der Waals surface area contributed by atoms with Crippen molar-refractivity contribution in [3.8, 4) is 0 Å². The van der Waals surface area contributed by atoms with Crippen LogP contribution in [-0.4, -0.2) is 12.3 Å². The molecule has 1 aromatic carbocycles. The highest BCUT2D eigenvalue weighted by Gasteiger charge is 1.98. The molecule has 2 N–H and O–H groups in total. The third kappa shape index (κ3) is 3.41. The van der Waals surface area contributed by atoms with E-state index in [1.807, 2.05) is 11.8 Å². The normalized spacial score (nSPS) is 10.4. The quantitative estimate of drug-likeness (QED) is 0.590. The van der Waals surface area contributed by atoms with Gasteiger partial charge in [-0.15, -0.1) is 11.8 Å². The maximum Gasteiger partial charge on any atom is 0.0101 e. The van der Waals surface area contributed by atoms with Gasteiger partial charge in [0, 0.05) is 4.90 Å². The monoisotopic (exact) mass is 195 g/mol. The fraction of sp³-hybridized carbons (Fsp3) is 0.455. The van der Waals surface area contributed by atoms with Gasteiger partial charge >= 0.3 is 0 Å². The van der Waals surface area contributed by atoms with Gasteiger partial charge in [0.1, 0.15) is 0 Å². The first-order valence-corrected chi connectivity index (χ1v) is 5.62. The van der Waals surface area contributed by atoms with Gasteiger partial charge in [0.15, 0.2) is 0 Å². The Morgan fingerprint density at radius 3 is 2.69 bits per heavy atom. The summed E-state index contributed by atoms with van der Waals surface area (Å²) in [7, 11) is 0. The van der Waals surface area contributed by atoms with Gasteiger partial charge in [-0.3, -0.25) is 0 Å². The maximum absolute atomic E-state index is 5.44. The van der Waals surface area contributed by atoms with Gasteiger partial charge < -0.3 is 5.73 Å². The lowest BCUT2D eigenvalue weighted by Crippen LogP contribution is -1.99. The number of benzene rings is 1. The van der Waals surface area contributed by atoms with Gasteiger partial charge in [0.2, 0.25) is 0 Å². The maximum atomic E-state index is 5.44. The van der Waals surface area contributed by atoms with Crippen molar-refractivity contribution in [1.82, 2.24) is 0 Å². The van der Waals surface area contributed by atoms with Crippen LogP contribution >= 0.6 is 11.8 Å². The van der Waals surface area contributed by atoms with Crippen molar-refractivity contribution in [2.75, 3.05) is 12.3 Å². The molecule has 0 amide bonds. The zero-order chi connectivity index (χ0) is 9.68. The van der Waals surface area contributed by atoms with Gasteiger partial charge in [0.05, 0.1) is 0 Å². The minimum atomic E-state index is 0.790. The van der Waals surface area contributed by atoms with Crippen LogP contribution in [0.5, 0.6) is 0 Å². The van der Waals surface area contributed by atoms with Gasteiger partial charge in [-0.2, -0.15) is 0 Å². The number of nitrogens with two attached hydrogens (primary N) is 1. The van der Waals surface area contributed by atoms with Crippen LogP contribution in [0.4, 0.5) is 0 Å². The van der Waals surface area contributed by atoms with E-state index in [9.17, 15) is 0 Å². The molecular weight excluding hydrogens is 178 g/mol. The summed E-state index contributed by atoms with van der Waals surface area (Å²) in [6.45, 7) is 5.08. The third-order valence-electron chi connectivity index (χ3n) is 1.94. The van der Waals surface area contributed by atoms with Crippen LogP contribution in [0.1, 0.15) is 17.5 Å². The Kier molecular flexibility index (Phi) is 4.33. The van der Waals surface area contributed by atoms with Crippen molar-refractivity contribution < 1.29 is 0 Å². The van der Waals surface area contributed by atoms with Crippen LogP contribution in [0.3, 0.4) is 0 Å². The number of hydrogen-bond donors (Lipinski definition) is 1. The number of aryl methyl sites for hydroxylation is 2. The molecule has 0 radical (unpaired) electrons. The standard InChI is InChI=1S/C11H17NS/c1-9-4-5-11(10(2)8-9)13-7-3-6-12/h4-5,8H,3,6-7,12H2,1-2H3. The Morgan fingerprint density at radius 1 is 1.31 bits per heavy atom. The minimum absolute atomic E-state index is 0.790. The van der Waals surface area contributed by atoms with Crippen LogP contribution in [-0.2, 0) is 0 Å². The van der Waals surface area contributed by atoms with Crippen LogP contribution in [0.2, 0.25) is 0 Å². The summed E-state index contributed by atoms with van der Waals surface area (Å²) < 4.78 is 0. The first kappa shape index (κ1) is 10.6. The first-order valence-electron chi connectivity index (χ1n) is 4.64. The Balaban J connectivity index is 2.56. The summed E-state index contributed by atoms with van der Waals surface area (Å²) in [6.07, 6.45) is 1.10. The van der Waals surface area contributed by atoms with Gasteiger partial charge in [-0.25, -0.2) is 0 Å². The molecule has 13 heavy (non-hydrogen) atoms. The van der Waals surface area contributed by atoms with Crippen molar-refractivity contribution in [2.24, 2.45) is 5.73 Å². The summed E-state index contributed by atoms with van der Waals surface area (Å²) in [5, 5.41) is 0. The van der Waals surface area contributed by atoms with Crippen LogP contribution in [0.15, 0.2) is 23.1 Å². The Labute approximate surface area is 84.7 Å². The largest absolute Gasteiger partial charge is 0.330 e. The van der Waals surface area contributed by atoms with E-state index in [1.54, 1.807) is 0 Å². The van der Waals surface area contributed by atoms with Crippen molar-refractivity contribution in [3.63, 3.8) is 0 Å². The number of rotatable bonds is 4. The van der Waals surface area contributed by atoms with E-state index in [0.717, 1.165) is 18.7 Å². The predicted molar refractivity (Wildman–Crippen MR) is 60.3 cm³/mol. The van der Waals surface area contributed by atoms with E-state index in [4.69, 9.17) is 5.73 Å². The molecule has 0 unspecified atom stereocenters. The van der Waals surface area contributed by atoms with Crippen LogP contribution in [0, 0.1) is 13.8 Å². The second-order valence-corrected chi connectivity index (χ2v) is 4.40. The molecule has 0 aliphatic heterocycles. The van der Waals surface area contributed by atoms with Crippen molar-refractivity contribution in [3.05, 3.63) is 29.3 Å². The topological polar surface area (TPSA) is 26.0 Å². The fourth-order valence-corrected chi connectivity index (χ4v) is 2.21. The van der Waals surface area contributed by atoms with Crippen molar-refractivity contribution in [2.45, 2.75) is 25.2 Å². The molecule has 0 spiro atoms. The highest BCUT2D eigenvalue weighted by molar-refractivity contribution is 7.99. The molecule has 1 aromatic rings. The summed E-state index contributed by atoms with van der Waals surface area (Å²) in [4.78, 5) is 1.39.